The van der Waals surface area contributed by atoms with Crippen molar-refractivity contribution in [1.82, 2.24) is 0 Å². The Bertz CT molecular complexity index is 774. The second kappa shape index (κ2) is 8.89. The predicted octanol–water partition coefficient (Wildman–Crippen LogP) is 4.83. The van der Waals surface area contributed by atoms with Crippen molar-refractivity contribution in [3.63, 3.8) is 0 Å². The van der Waals surface area contributed by atoms with E-state index >= 15 is 0 Å². The van der Waals surface area contributed by atoms with Gasteiger partial charge in [0.05, 0.1) is 7.11 Å². The third-order valence-electron chi connectivity index (χ3n) is 3.55. The SMILES string of the molecule is COC(=O)Nc1cccc(OC(=O)N(CC(C)C)c2cccc(C)c2)c1. The van der Waals surface area contributed by atoms with E-state index in [0.29, 0.717) is 18.0 Å². The maximum absolute atomic E-state index is 12.7. The summed E-state index contributed by atoms with van der Waals surface area (Å²) in [5, 5.41) is 2.54. The van der Waals surface area contributed by atoms with E-state index in [-0.39, 0.29) is 5.92 Å². The molecule has 0 radical (unpaired) electrons. The fraction of sp³-hybridized carbons (Fsp3) is 0.300. The molecule has 0 saturated carbocycles. The van der Waals surface area contributed by atoms with Crippen molar-refractivity contribution in [3.8, 4) is 5.75 Å². The number of nitrogens with zero attached hydrogens (tertiary/aromatic N) is 1. The smallest absolute Gasteiger partial charge is 0.419 e. The van der Waals surface area contributed by atoms with Gasteiger partial charge in [0.25, 0.3) is 0 Å². The van der Waals surface area contributed by atoms with Gasteiger partial charge in [0.1, 0.15) is 5.75 Å². The van der Waals surface area contributed by atoms with E-state index in [1.165, 1.54) is 7.11 Å². The minimum Gasteiger partial charge on any atom is -0.453 e. The van der Waals surface area contributed by atoms with E-state index < -0.39 is 12.2 Å². The Hall–Kier alpha value is -3.02. The zero-order valence-electron chi connectivity index (χ0n) is 15.5. The van der Waals surface area contributed by atoms with Crippen LogP contribution in [-0.4, -0.2) is 25.8 Å². The molecule has 0 fully saturated rings. The molecule has 2 amide bonds. The monoisotopic (exact) mass is 356 g/mol. The van der Waals surface area contributed by atoms with Gasteiger partial charge in [0.2, 0.25) is 0 Å². The summed E-state index contributed by atoms with van der Waals surface area (Å²) < 4.78 is 10.1. The van der Waals surface area contributed by atoms with Gasteiger partial charge >= 0.3 is 12.2 Å². The highest BCUT2D eigenvalue weighted by Crippen LogP contribution is 2.22. The molecule has 0 aromatic heterocycles. The van der Waals surface area contributed by atoms with E-state index in [1.54, 1.807) is 29.2 Å². The number of carbonyl (C=O) groups excluding carboxylic acids is 2. The van der Waals surface area contributed by atoms with Gasteiger partial charge in [0.15, 0.2) is 0 Å². The number of anilines is 2. The Morgan fingerprint density at radius 2 is 1.85 bits per heavy atom. The summed E-state index contributed by atoms with van der Waals surface area (Å²) >= 11 is 0. The molecule has 26 heavy (non-hydrogen) atoms. The number of hydrogen-bond acceptors (Lipinski definition) is 4. The summed E-state index contributed by atoms with van der Waals surface area (Å²) in [4.78, 5) is 25.7. The van der Waals surface area contributed by atoms with Gasteiger partial charge < -0.3 is 9.47 Å². The lowest BCUT2D eigenvalue weighted by Gasteiger charge is -2.24. The maximum Gasteiger partial charge on any atom is 0.419 e. The first-order valence-corrected chi connectivity index (χ1v) is 8.40. The van der Waals surface area contributed by atoms with Crippen LogP contribution in [0.3, 0.4) is 0 Å². The van der Waals surface area contributed by atoms with E-state index in [1.807, 2.05) is 45.0 Å². The molecule has 0 unspecified atom stereocenters. The quantitative estimate of drug-likeness (QED) is 0.833. The molecular formula is C20H24N2O4. The number of ether oxygens (including phenoxy) is 2. The van der Waals surface area contributed by atoms with Gasteiger partial charge in [-0.2, -0.15) is 0 Å². The summed E-state index contributed by atoms with van der Waals surface area (Å²) in [6, 6.07) is 14.3. The summed E-state index contributed by atoms with van der Waals surface area (Å²) in [6.45, 7) is 6.58. The van der Waals surface area contributed by atoms with E-state index in [0.717, 1.165) is 11.3 Å². The van der Waals surface area contributed by atoms with Crippen molar-refractivity contribution >= 4 is 23.6 Å². The highest BCUT2D eigenvalue weighted by Gasteiger charge is 2.19. The number of methoxy groups -OCH3 is 1. The number of carbonyl (C=O) groups is 2. The first kappa shape index (κ1) is 19.3. The minimum atomic E-state index is -0.588. The standard InChI is InChI=1S/C20H24N2O4/c1-14(2)13-22(17-9-5-7-15(3)11-17)20(24)26-18-10-6-8-16(12-18)21-19(23)25-4/h5-12,14H,13H2,1-4H3,(H,21,23). The topological polar surface area (TPSA) is 67.9 Å². The van der Waals surface area contributed by atoms with Crippen molar-refractivity contribution in [2.45, 2.75) is 20.8 Å². The predicted molar refractivity (Wildman–Crippen MR) is 102 cm³/mol. The van der Waals surface area contributed by atoms with Gasteiger partial charge in [-0.25, -0.2) is 9.59 Å². The van der Waals surface area contributed by atoms with Gasteiger partial charge in [0, 0.05) is 24.0 Å². The molecule has 0 atom stereocenters. The van der Waals surface area contributed by atoms with Crippen molar-refractivity contribution in [2.75, 3.05) is 23.9 Å². The Balaban J connectivity index is 2.19. The number of amides is 2. The van der Waals surface area contributed by atoms with Gasteiger partial charge in [-0.3, -0.25) is 10.2 Å². The van der Waals surface area contributed by atoms with Crippen LogP contribution in [0.5, 0.6) is 5.75 Å². The Labute approximate surface area is 153 Å². The van der Waals surface area contributed by atoms with Crippen LogP contribution >= 0.6 is 0 Å². The highest BCUT2D eigenvalue weighted by atomic mass is 16.6. The first-order valence-electron chi connectivity index (χ1n) is 8.40. The van der Waals surface area contributed by atoms with Gasteiger partial charge in [-0.05, 0) is 42.7 Å². The van der Waals surface area contributed by atoms with Crippen molar-refractivity contribution < 1.29 is 19.1 Å². The van der Waals surface area contributed by atoms with E-state index in [2.05, 4.69) is 10.1 Å². The fourth-order valence-corrected chi connectivity index (χ4v) is 2.41. The summed E-state index contributed by atoms with van der Waals surface area (Å²) in [7, 11) is 1.28. The van der Waals surface area contributed by atoms with Crippen molar-refractivity contribution in [1.29, 1.82) is 0 Å². The highest BCUT2D eigenvalue weighted by molar-refractivity contribution is 5.90. The summed E-state index contributed by atoms with van der Waals surface area (Å²) in [5.41, 5.74) is 2.33. The largest absolute Gasteiger partial charge is 0.453 e. The average molecular weight is 356 g/mol. The molecule has 0 heterocycles. The van der Waals surface area contributed by atoms with E-state index in [9.17, 15) is 9.59 Å². The molecule has 0 saturated heterocycles. The van der Waals surface area contributed by atoms with E-state index in [4.69, 9.17) is 4.74 Å². The van der Waals surface area contributed by atoms with Crippen LogP contribution in [0.15, 0.2) is 48.5 Å². The molecule has 0 aliphatic carbocycles. The molecule has 0 aliphatic rings. The second-order valence-corrected chi connectivity index (χ2v) is 6.36. The molecule has 1 N–H and O–H groups in total. The normalized spacial score (nSPS) is 10.3. The fourth-order valence-electron chi connectivity index (χ4n) is 2.41. The third-order valence-corrected chi connectivity index (χ3v) is 3.55. The average Bonchev–Trinajstić information content (AvgIpc) is 2.59. The van der Waals surface area contributed by atoms with Gasteiger partial charge in [-0.1, -0.05) is 32.0 Å². The molecule has 6 heteroatoms. The number of benzene rings is 2. The lowest BCUT2D eigenvalue weighted by atomic mass is 10.1. The van der Waals surface area contributed by atoms with Crippen molar-refractivity contribution in [2.24, 2.45) is 5.92 Å². The lowest BCUT2D eigenvalue weighted by Crippen LogP contribution is -2.36. The van der Waals surface area contributed by atoms with Crippen LogP contribution < -0.4 is 15.0 Å². The lowest BCUT2D eigenvalue weighted by molar-refractivity contribution is 0.187. The summed E-state index contributed by atoms with van der Waals surface area (Å²) in [5.74, 6) is 0.612. The van der Waals surface area contributed by atoms with Crippen LogP contribution in [0, 0.1) is 12.8 Å². The molecule has 0 spiro atoms. The number of aryl methyl sites for hydroxylation is 1. The van der Waals surface area contributed by atoms with Crippen LogP contribution in [0.2, 0.25) is 0 Å². The van der Waals surface area contributed by atoms with Crippen LogP contribution in [0.25, 0.3) is 0 Å². The Morgan fingerprint density at radius 3 is 2.50 bits per heavy atom. The number of nitrogens with one attached hydrogen (secondary N) is 1. The van der Waals surface area contributed by atoms with Crippen LogP contribution in [0.4, 0.5) is 21.0 Å². The molecule has 2 aromatic rings. The third kappa shape index (κ3) is 5.51. The molecule has 138 valence electrons. The van der Waals surface area contributed by atoms with Crippen molar-refractivity contribution in [3.05, 3.63) is 54.1 Å². The molecule has 0 bridgehead atoms. The summed E-state index contributed by atoms with van der Waals surface area (Å²) in [6.07, 6.45) is -1.06. The Morgan fingerprint density at radius 1 is 1.12 bits per heavy atom. The maximum atomic E-state index is 12.7. The van der Waals surface area contributed by atoms with Gasteiger partial charge in [-0.15, -0.1) is 0 Å². The van der Waals surface area contributed by atoms with Crippen LogP contribution in [0.1, 0.15) is 19.4 Å². The minimum absolute atomic E-state index is 0.274. The molecule has 2 rings (SSSR count). The molecular weight excluding hydrogens is 332 g/mol. The second-order valence-electron chi connectivity index (χ2n) is 6.36. The Kier molecular flexibility index (Phi) is 6.60. The molecule has 6 nitrogen and oxygen atoms in total. The number of hydrogen-bond donors (Lipinski definition) is 1. The zero-order chi connectivity index (χ0) is 19.1. The molecule has 2 aromatic carbocycles. The number of rotatable bonds is 5. The zero-order valence-corrected chi connectivity index (χ0v) is 15.5. The first-order chi connectivity index (χ1) is 12.4. The van der Waals surface area contributed by atoms with Crippen LogP contribution in [-0.2, 0) is 4.74 Å². The molecule has 0 aliphatic heterocycles.